The van der Waals surface area contributed by atoms with Gasteiger partial charge < -0.3 is 9.30 Å². The first-order chi connectivity index (χ1) is 9.13. The van der Waals surface area contributed by atoms with Gasteiger partial charge in [-0.3, -0.25) is 0 Å². The molecule has 100 valence electrons. The lowest BCUT2D eigenvalue weighted by Gasteiger charge is -2.07. The van der Waals surface area contributed by atoms with Gasteiger partial charge in [0.15, 0.2) is 5.69 Å². The molecule has 0 amide bonds. The van der Waals surface area contributed by atoms with Gasteiger partial charge in [-0.05, 0) is 25.5 Å². The molecule has 5 heteroatoms. The van der Waals surface area contributed by atoms with Gasteiger partial charge in [0, 0.05) is 10.7 Å². The number of hydrogen-bond donors (Lipinski definition) is 0. The molecule has 0 aliphatic heterocycles. The van der Waals surface area contributed by atoms with Gasteiger partial charge in [0.25, 0.3) is 0 Å². The highest BCUT2D eigenvalue weighted by Crippen LogP contribution is 2.18. The van der Waals surface area contributed by atoms with E-state index < -0.39 is 5.97 Å². The number of nitrogens with zero attached hydrogens (tertiary/aromatic N) is 2. The smallest absolute Gasteiger partial charge is 0.358 e. The molecule has 4 nitrogen and oxygen atoms in total. The van der Waals surface area contributed by atoms with E-state index in [1.54, 1.807) is 13.3 Å². The van der Waals surface area contributed by atoms with Gasteiger partial charge in [-0.2, -0.15) is 0 Å². The summed E-state index contributed by atoms with van der Waals surface area (Å²) in [6.07, 6.45) is 1.63. The fourth-order valence-corrected chi connectivity index (χ4v) is 2.01. The molecule has 0 bridgehead atoms. The molecular formula is C14H15ClN2O2. The minimum absolute atomic E-state index is 0.343. The molecule has 1 heterocycles. The van der Waals surface area contributed by atoms with Crippen molar-refractivity contribution in [1.29, 1.82) is 0 Å². The maximum absolute atomic E-state index is 11.7. The Morgan fingerprint density at radius 3 is 2.84 bits per heavy atom. The predicted molar refractivity (Wildman–Crippen MR) is 73.5 cm³/mol. The minimum Gasteiger partial charge on any atom is -0.461 e. The third-order valence-corrected chi connectivity index (χ3v) is 3.24. The summed E-state index contributed by atoms with van der Waals surface area (Å²) in [5.74, 6) is -0.391. The number of rotatable bonds is 4. The lowest BCUT2D eigenvalue weighted by Crippen LogP contribution is -2.08. The standard InChI is InChI=1S/C14H15ClN2O2/c1-3-19-14(18)13-10(2)17(9-16-13)8-11-6-4-5-7-12(11)15/h4-7,9H,3,8H2,1-2H3. The van der Waals surface area contributed by atoms with Crippen molar-refractivity contribution >= 4 is 17.6 Å². The van der Waals surface area contributed by atoms with Crippen molar-refractivity contribution in [3.8, 4) is 0 Å². The highest BCUT2D eigenvalue weighted by atomic mass is 35.5. The Balaban J connectivity index is 2.23. The van der Waals surface area contributed by atoms with Crippen LogP contribution in [0.2, 0.25) is 5.02 Å². The summed E-state index contributed by atoms with van der Waals surface area (Å²) < 4.78 is 6.84. The van der Waals surface area contributed by atoms with Crippen LogP contribution in [0, 0.1) is 6.92 Å². The van der Waals surface area contributed by atoms with Gasteiger partial charge in [-0.15, -0.1) is 0 Å². The van der Waals surface area contributed by atoms with E-state index in [2.05, 4.69) is 4.98 Å². The number of halogens is 1. The summed E-state index contributed by atoms with van der Waals surface area (Å²) >= 11 is 6.12. The molecule has 19 heavy (non-hydrogen) atoms. The average Bonchev–Trinajstić information content (AvgIpc) is 2.74. The zero-order chi connectivity index (χ0) is 13.8. The molecule has 0 atom stereocenters. The van der Waals surface area contributed by atoms with Gasteiger partial charge in [-0.1, -0.05) is 29.8 Å². The fourth-order valence-electron chi connectivity index (χ4n) is 1.81. The number of esters is 1. The molecule has 0 spiro atoms. The lowest BCUT2D eigenvalue weighted by molar-refractivity contribution is 0.0519. The molecule has 0 N–H and O–H groups in total. The van der Waals surface area contributed by atoms with Crippen LogP contribution in [0.1, 0.15) is 28.7 Å². The summed E-state index contributed by atoms with van der Waals surface area (Å²) in [5.41, 5.74) is 2.12. The van der Waals surface area contributed by atoms with E-state index in [0.29, 0.717) is 23.9 Å². The van der Waals surface area contributed by atoms with Crippen molar-refractivity contribution < 1.29 is 9.53 Å². The third-order valence-electron chi connectivity index (χ3n) is 2.87. The number of carbonyl (C=O) groups excluding carboxylic acids is 1. The van der Waals surface area contributed by atoms with Gasteiger partial charge in [0.2, 0.25) is 0 Å². The predicted octanol–water partition coefficient (Wildman–Crippen LogP) is 3.07. The van der Waals surface area contributed by atoms with Crippen LogP contribution in [0.15, 0.2) is 30.6 Å². The zero-order valence-electron chi connectivity index (χ0n) is 10.9. The molecule has 0 saturated heterocycles. The Morgan fingerprint density at radius 1 is 1.42 bits per heavy atom. The summed E-state index contributed by atoms with van der Waals surface area (Å²) in [7, 11) is 0. The van der Waals surface area contributed by atoms with Crippen LogP contribution in [0.4, 0.5) is 0 Å². The highest BCUT2D eigenvalue weighted by molar-refractivity contribution is 6.31. The van der Waals surface area contributed by atoms with Crippen molar-refractivity contribution in [3.05, 3.63) is 52.6 Å². The summed E-state index contributed by atoms with van der Waals surface area (Å²) in [5, 5.41) is 0.702. The van der Waals surface area contributed by atoms with E-state index in [1.165, 1.54) is 0 Å². The Labute approximate surface area is 117 Å². The van der Waals surface area contributed by atoms with Crippen LogP contribution in [-0.2, 0) is 11.3 Å². The number of benzene rings is 1. The number of carbonyl (C=O) groups is 1. The van der Waals surface area contributed by atoms with E-state index >= 15 is 0 Å². The Morgan fingerprint density at radius 2 is 2.16 bits per heavy atom. The third kappa shape index (κ3) is 2.96. The SMILES string of the molecule is CCOC(=O)c1ncn(Cc2ccccc2Cl)c1C. The Hall–Kier alpha value is -1.81. The molecule has 0 aliphatic carbocycles. The maximum atomic E-state index is 11.7. The fraction of sp³-hybridized carbons (Fsp3) is 0.286. The van der Waals surface area contributed by atoms with Gasteiger partial charge >= 0.3 is 5.97 Å². The number of ether oxygens (including phenoxy) is 1. The Bertz CT molecular complexity index is 593. The monoisotopic (exact) mass is 278 g/mol. The van der Waals surface area contributed by atoms with Crippen LogP contribution in [0.3, 0.4) is 0 Å². The molecule has 0 fully saturated rings. The van der Waals surface area contributed by atoms with Crippen LogP contribution in [-0.4, -0.2) is 22.1 Å². The van der Waals surface area contributed by atoms with Crippen molar-refractivity contribution in [2.75, 3.05) is 6.61 Å². The molecule has 0 radical (unpaired) electrons. The normalized spacial score (nSPS) is 10.5. The molecule has 0 aliphatic rings. The van der Waals surface area contributed by atoms with E-state index in [0.717, 1.165) is 11.3 Å². The first-order valence-electron chi connectivity index (χ1n) is 6.05. The summed E-state index contributed by atoms with van der Waals surface area (Å²) in [6.45, 7) is 4.54. The van der Waals surface area contributed by atoms with Crippen LogP contribution in [0.5, 0.6) is 0 Å². The second-order valence-electron chi connectivity index (χ2n) is 4.12. The van der Waals surface area contributed by atoms with Crippen LogP contribution < -0.4 is 0 Å². The van der Waals surface area contributed by atoms with E-state index in [1.807, 2.05) is 35.8 Å². The molecule has 1 aromatic carbocycles. The largest absolute Gasteiger partial charge is 0.461 e. The molecule has 0 saturated carbocycles. The van der Waals surface area contributed by atoms with Crippen LogP contribution >= 0.6 is 11.6 Å². The van der Waals surface area contributed by atoms with Crippen molar-refractivity contribution in [2.45, 2.75) is 20.4 Å². The van der Waals surface area contributed by atoms with Crippen LogP contribution in [0.25, 0.3) is 0 Å². The second kappa shape index (κ2) is 5.89. The van der Waals surface area contributed by atoms with Crippen molar-refractivity contribution in [2.24, 2.45) is 0 Å². The van der Waals surface area contributed by atoms with E-state index in [9.17, 15) is 4.79 Å². The molecule has 1 aromatic heterocycles. The first kappa shape index (κ1) is 13.6. The zero-order valence-corrected chi connectivity index (χ0v) is 11.6. The molecule has 0 unspecified atom stereocenters. The number of imidazole rings is 1. The quantitative estimate of drug-likeness (QED) is 0.808. The summed E-state index contributed by atoms with van der Waals surface area (Å²) in [6, 6.07) is 7.61. The second-order valence-corrected chi connectivity index (χ2v) is 4.53. The number of aromatic nitrogens is 2. The molecule has 2 rings (SSSR count). The van der Waals surface area contributed by atoms with Crippen molar-refractivity contribution in [1.82, 2.24) is 9.55 Å². The van der Waals surface area contributed by atoms with Crippen molar-refractivity contribution in [3.63, 3.8) is 0 Å². The molecular weight excluding hydrogens is 264 g/mol. The maximum Gasteiger partial charge on any atom is 0.358 e. The lowest BCUT2D eigenvalue weighted by atomic mass is 10.2. The molecule has 2 aromatic rings. The van der Waals surface area contributed by atoms with E-state index in [4.69, 9.17) is 16.3 Å². The highest BCUT2D eigenvalue weighted by Gasteiger charge is 2.16. The average molecular weight is 279 g/mol. The van der Waals surface area contributed by atoms with Gasteiger partial charge in [-0.25, -0.2) is 9.78 Å². The minimum atomic E-state index is -0.391. The van der Waals surface area contributed by atoms with Gasteiger partial charge in [0.05, 0.1) is 19.5 Å². The first-order valence-corrected chi connectivity index (χ1v) is 6.43. The topological polar surface area (TPSA) is 44.1 Å². The summed E-state index contributed by atoms with van der Waals surface area (Å²) in [4.78, 5) is 15.8. The van der Waals surface area contributed by atoms with E-state index in [-0.39, 0.29) is 0 Å². The number of hydrogen-bond acceptors (Lipinski definition) is 3. The Kier molecular flexibility index (Phi) is 4.22. The van der Waals surface area contributed by atoms with Gasteiger partial charge in [0.1, 0.15) is 0 Å².